The van der Waals surface area contributed by atoms with Gasteiger partial charge in [-0.1, -0.05) is 26.0 Å². The lowest BCUT2D eigenvalue weighted by Gasteiger charge is -2.10. The third-order valence-corrected chi connectivity index (χ3v) is 4.20. The molecule has 1 aromatic rings. The normalized spacial score (nSPS) is 12.0. The summed E-state index contributed by atoms with van der Waals surface area (Å²) < 4.78 is 31.7. The van der Waals surface area contributed by atoms with E-state index in [0.29, 0.717) is 37.1 Å². The van der Waals surface area contributed by atoms with E-state index in [9.17, 15) is 8.42 Å². The lowest BCUT2D eigenvalue weighted by Crippen LogP contribution is -2.26. The fourth-order valence-corrected chi connectivity index (χ4v) is 2.79. The number of methoxy groups -OCH3 is 1. The zero-order chi connectivity index (χ0) is 15.0. The molecule has 2 N–H and O–H groups in total. The first-order valence-electron chi connectivity index (χ1n) is 6.76. The summed E-state index contributed by atoms with van der Waals surface area (Å²) in [6.07, 6.45) is 0.657. The van der Waals surface area contributed by atoms with E-state index in [1.54, 1.807) is 25.3 Å². The second-order valence-electron chi connectivity index (χ2n) is 4.93. The smallest absolute Gasteiger partial charge is 0.240 e. The first-order chi connectivity index (χ1) is 9.45. The highest BCUT2D eigenvalue weighted by Gasteiger charge is 2.13. The number of hydrogen-bond donors (Lipinski definition) is 2. The molecule has 0 aliphatic rings. The van der Waals surface area contributed by atoms with Crippen molar-refractivity contribution in [3.05, 3.63) is 29.8 Å². The molecular formula is C14H24N2O3S. The van der Waals surface area contributed by atoms with Gasteiger partial charge in [0.2, 0.25) is 10.0 Å². The van der Waals surface area contributed by atoms with E-state index in [1.807, 2.05) is 6.07 Å². The molecular weight excluding hydrogens is 276 g/mol. The van der Waals surface area contributed by atoms with Crippen LogP contribution in [0.4, 0.5) is 0 Å². The zero-order valence-corrected chi connectivity index (χ0v) is 13.2. The highest BCUT2D eigenvalue weighted by atomic mass is 32.2. The van der Waals surface area contributed by atoms with E-state index in [4.69, 9.17) is 4.74 Å². The van der Waals surface area contributed by atoms with Crippen LogP contribution in [0.25, 0.3) is 0 Å². The first-order valence-corrected chi connectivity index (χ1v) is 8.25. The molecule has 1 rings (SSSR count). The number of nitrogens with one attached hydrogen (secondary N) is 2. The largest absolute Gasteiger partial charge is 0.385 e. The zero-order valence-electron chi connectivity index (χ0n) is 12.3. The van der Waals surface area contributed by atoms with Crippen LogP contribution >= 0.6 is 0 Å². The van der Waals surface area contributed by atoms with Crippen LogP contribution in [0.2, 0.25) is 0 Å². The fraction of sp³-hybridized carbons (Fsp3) is 0.571. The molecule has 0 bridgehead atoms. The highest BCUT2D eigenvalue weighted by Crippen LogP contribution is 2.11. The number of benzene rings is 1. The summed E-state index contributed by atoms with van der Waals surface area (Å²) in [5.41, 5.74) is 0.957. The Kier molecular flexibility index (Phi) is 7.15. The minimum Gasteiger partial charge on any atom is -0.385 e. The van der Waals surface area contributed by atoms with Crippen molar-refractivity contribution in [2.75, 3.05) is 20.3 Å². The Morgan fingerprint density at radius 1 is 1.30 bits per heavy atom. The summed E-state index contributed by atoms with van der Waals surface area (Å²) in [5, 5.41) is 3.27. The van der Waals surface area contributed by atoms with Gasteiger partial charge in [0.05, 0.1) is 4.90 Å². The molecule has 6 heteroatoms. The quantitative estimate of drug-likeness (QED) is 0.678. The Hall–Kier alpha value is -0.950. The van der Waals surface area contributed by atoms with Crippen LogP contribution in [0.3, 0.4) is 0 Å². The minimum atomic E-state index is -3.44. The van der Waals surface area contributed by atoms with Gasteiger partial charge in [-0.25, -0.2) is 13.1 Å². The van der Waals surface area contributed by atoms with Gasteiger partial charge in [0.15, 0.2) is 0 Å². The van der Waals surface area contributed by atoms with Crippen LogP contribution in [0, 0.1) is 0 Å². The second-order valence-corrected chi connectivity index (χ2v) is 6.69. The predicted octanol–water partition coefficient (Wildman–Crippen LogP) is 1.50. The van der Waals surface area contributed by atoms with E-state index in [-0.39, 0.29) is 0 Å². The Morgan fingerprint density at radius 2 is 2.05 bits per heavy atom. The van der Waals surface area contributed by atoms with Crippen LogP contribution in [-0.2, 0) is 21.3 Å². The van der Waals surface area contributed by atoms with Crippen LogP contribution < -0.4 is 10.0 Å². The van der Waals surface area contributed by atoms with Crippen molar-refractivity contribution in [2.24, 2.45) is 0 Å². The van der Waals surface area contributed by atoms with Gasteiger partial charge in [-0.05, 0) is 24.1 Å². The maximum atomic E-state index is 12.1. The van der Waals surface area contributed by atoms with Crippen LogP contribution in [-0.4, -0.2) is 34.7 Å². The summed E-state index contributed by atoms with van der Waals surface area (Å²) in [7, 11) is -1.84. The van der Waals surface area contributed by atoms with Crippen molar-refractivity contribution in [2.45, 2.75) is 37.8 Å². The maximum Gasteiger partial charge on any atom is 0.240 e. The van der Waals surface area contributed by atoms with Gasteiger partial charge in [0.25, 0.3) is 0 Å². The maximum absolute atomic E-state index is 12.1. The second kappa shape index (κ2) is 8.36. The average Bonchev–Trinajstić information content (AvgIpc) is 2.42. The number of rotatable bonds is 9. The number of ether oxygens (including phenoxy) is 1. The van der Waals surface area contributed by atoms with Gasteiger partial charge in [0.1, 0.15) is 0 Å². The van der Waals surface area contributed by atoms with E-state index in [0.717, 1.165) is 5.56 Å². The Labute approximate surface area is 121 Å². The van der Waals surface area contributed by atoms with Crippen molar-refractivity contribution in [1.29, 1.82) is 0 Å². The topological polar surface area (TPSA) is 67.4 Å². The molecule has 5 nitrogen and oxygen atoms in total. The molecule has 0 spiro atoms. The molecule has 20 heavy (non-hydrogen) atoms. The average molecular weight is 300 g/mol. The fourth-order valence-electron chi connectivity index (χ4n) is 1.65. The van der Waals surface area contributed by atoms with Crippen LogP contribution in [0.1, 0.15) is 25.8 Å². The standard InChI is InChI=1S/C14H24N2O3S/c1-12(2)15-11-13-6-4-7-14(10-13)20(17,18)16-8-5-9-19-3/h4,6-7,10,12,15-16H,5,8-9,11H2,1-3H3. The molecule has 0 fully saturated rings. The van der Waals surface area contributed by atoms with Gasteiger partial charge in [-0.15, -0.1) is 0 Å². The molecule has 0 amide bonds. The minimum absolute atomic E-state index is 0.304. The van der Waals surface area contributed by atoms with Gasteiger partial charge >= 0.3 is 0 Å². The monoisotopic (exact) mass is 300 g/mol. The molecule has 0 atom stereocenters. The van der Waals surface area contributed by atoms with E-state index in [2.05, 4.69) is 23.9 Å². The molecule has 0 saturated carbocycles. The Bertz CT molecular complexity index is 501. The van der Waals surface area contributed by atoms with E-state index >= 15 is 0 Å². The SMILES string of the molecule is COCCCNS(=O)(=O)c1cccc(CNC(C)C)c1. The lowest BCUT2D eigenvalue weighted by atomic mass is 10.2. The van der Waals surface area contributed by atoms with Gasteiger partial charge in [-0.2, -0.15) is 0 Å². The van der Waals surface area contributed by atoms with E-state index in [1.165, 1.54) is 0 Å². The molecule has 114 valence electrons. The summed E-state index contributed by atoms with van der Waals surface area (Å²) in [6, 6.07) is 7.36. The third-order valence-electron chi connectivity index (χ3n) is 2.74. The number of sulfonamides is 1. The van der Waals surface area contributed by atoms with Crippen molar-refractivity contribution < 1.29 is 13.2 Å². The van der Waals surface area contributed by atoms with Gasteiger partial charge in [-0.3, -0.25) is 0 Å². The Morgan fingerprint density at radius 3 is 2.70 bits per heavy atom. The molecule has 0 saturated heterocycles. The van der Waals surface area contributed by atoms with Crippen molar-refractivity contribution in [3.63, 3.8) is 0 Å². The molecule has 0 radical (unpaired) electrons. The lowest BCUT2D eigenvalue weighted by molar-refractivity contribution is 0.196. The predicted molar refractivity (Wildman–Crippen MR) is 80.1 cm³/mol. The summed E-state index contributed by atoms with van der Waals surface area (Å²) in [6.45, 7) is 5.69. The number of hydrogen-bond acceptors (Lipinski definition) is 4. The van der Waals surface area contributed by atoms with Crippen LogP contribution in [0.5, 0.6) is 0 Å². The van der Waals surface area contributed by atoms with Gasteiger partial charge < -0.3 is 10.1 Å². The van der Waals surface area contributed by atoms with Crippen molar-refractivity contribution in [1.82, 2.24) is 10.0 Å². The molecule has 0 aromatic heterocycles. The highest BCUT2D eigenvalue weighted by molar-refractivity contribution is 7.89. The molecule has 0 aliphatic carbocycles. The summed E-state index contributed by atoms with van der Waals surface area (Å²) in [4.78, 5) is 0.304. The third kappa shape index (κ3) is 6.00. The molecule has 0 aliphatic heterocycles. The summed E-state index contributed by atoms with van der Waals surface area (Å²) >= 11 is 0. The van der Waals surface area contributed by atoms with Crippen molar-refractivity contribution >= 4 is 10.0 Å². The van der Waals surface area contributed by atoms with E-state index < -0.39 is 10.0 Å². The van der Waals surface area contributed by atoms with Crippen molar-refractivity contribution in [3.8, 4) is 0 Å². The van der Waals surface area contributed by atoms with Crippen LogP contribution in [0.15, 0.2) is 29.2 Å². The molecule has 0 heterocycles. The Balaban J connectivity index is 2.67. The van der Waals surface area contributed by atoms with Gasteiger partial charge in [0, 0.05) is 32.8 Å². The molecule has 0 unspecified atom stereocenters. The molecule has 1 aromatic carbocycles. The summed E-state index contributed by atoms with van der Waals surface area (Å²) in [5.74, 6) is 0. The first kappa shape index (κ1) is 17.1.